The molecule has 5 heteroatoms. The van der Waals surface area contributed by atoms with Gasteiger partial charge < -0.3 is 10.2 Å². The Bertz CT molecular complexity index is 656. The van der Waals surface area contributed by atoms with E-state index >= 15 is 0 Å². The first-order valence-corrected chi connectivity index (χ1v) is 4.73. The molecule has 80 valence electrons. The van der Waals surface area contributed by atoms with Gasteiger partial charge in [0, 0.05) is 5.39 Å². The molecule has 0 radical (unpaired) electrons. The van der Waals surface area contributed by atoms with Gasteiger partial charge in [-0.25, -0.2) is 4.39 Å². The smallest absolute Gasteiger partial charge is 0.170 e. The molecule has 0 unspecified atom stereocenters. The summed E-state index contributed by atoms with van der Waals surface area (Å²) >= 11 is 0. The lowest BCUT2D eigenvalue weighted by Crippen LogP contribution is -1.84. The molecular weight excluding hydrogens is 209 g/mol. The Hall–Kier alpha value is -2.30. The van der Waals surface area contributed by atoms with Crippen LogP contribution in [0.4, 0.5) is 10.1 Å². The number of furan rings is 1. The largest absolute Gasteiger partial charge is 0.451 e. The van der Waals surface area contributed by atoms with E-state index in [1.54, 1.807) is 18.2 Å². The molecule has 2 heterocycles. The summed E-state index contributed by atoms with van der Waals surface area (Å²) in [5.41, 5.74) is 6.95. The number of hydrogen-bond acceptors (Lipinski definition) is 3. The molecule has 0 atom stereocenters. The first-order chi connectivity index (χ1) is 7.75. The molecule has 0 fully saturated rings. The van der Waals surface area contributed by atoms with E-state index in [0.29, 0.717) is 22.5 Å². The summed E-state index contributed by atoms with van der Waals surface area (Å²) in [6.07, 6.45) is 1.48. The van der Waals surface area contributed by atoms with Gasteiger partial charge in [-0.3, -0.25) is 5.10 Å². The Labute approximate surface area is 89.9 Å². The lowest BCUT2D eigenvalue weighted by atomic mass is 10.2. The third-order valence-corrected chi connectivity index (χ3v) is 2.41. The molecule has 0 saturated heterocycles. The lowest BCUT2D eigenvalue weighted by molar-refractivity contribution is 0.567. The maximum atomic E-state index is 13.4. The van der Waals surface area contributed by atoms with Crippen LogP contribution >= 0.6 is 0 Å². The lowest BCUT2D eigenvalue weighted by Gasteiger charge is -1.92. The van der Waals surface area contributed by atoms with E-state index in [9.17, 15) is 4.39 Å². The third kappa shape index (κ3) is 1.18. The average Bonchev–Trinajstić information content (AvgIpc) is 2.84. The number of rotatable bonds is 1. The second-order valence-corrected chi connectivity index (χ2v) is 3.47. The summed E-state index contributed by atoms with van der Waals surface area (Å²) in [7, 11) is 0. The van der Waals surface area contributed by atoms with Crippen molar-refractivity contribution in [3.8, 4) is 11.5 Å². The number of nitrogens with one attached hydrogen (secondary N) is 1. The molecule has 2 aromatic heterocycles. The Morgan fingerprint density at radius 2 is 2.25 bits per heavy atom. The normalized spacial score (nSPS) is 11.1. The van der Waals surface area contributed by atoms with Gasteiger partial charge in [0.05, 0.1) is 11.9 Å². The molecule has 4 nitrogen and oxygen atoms in total. The van der Waals surface area contributed by atoms with Crippen LogP contribution < -0.4 is 5.73 Å². The van der Waals surface area contributed by atoms with Crippen LogP contribution in [-0.4, -0.2) is 10.2 Å². The predicted molar refractivity (Wildman–Crippen MR) is 58.2 cm³/mol. The zero-order chi connectivity index (χ0) is 11.1. The van der Waals surface area contributed by atoms with E-state index in [-0.39, 0.29) is 11.4 Å². The minimum Gasteiger partial charge on any atom is -0.451 e. The summed E-state index contributed by atoms with van der Waals surface area (Å²) < 4.78 is 18.8. The number of aromatic nitrogens is 2. The van der Waals surface area contributed by atoms with E-state index in [0.717, 1.165) is 0 Å². The Morgan fingerprint density at radius 3 is 2.94 bits per heavy atom. The van der Waals surface area contributed by atoms with Crippen LogP contribution in [0, 0.1) is 5.82 Å². The fourth-order valence-corrected chi connectivity index (χ4v) is 1.64. The van der Waals surface area contributed by atoms with Crippen molar-refractivity contribution in [1.29, 1.82) is 0 Å². The van der Waals surface area contributed by atoms with E-state index in [1.165, 1.54) is 12.3 Å². The number of benzene rings is 1. The fourth-order valence-electron chi connectivity index (χ4n) is 1.64. The minimum atomic E-state index is -0.387. The van der Waals surface area contributed by atoms with E-state index < -0.39 is 0 Å². The second-order valence-electron chi connectivity index (χ2n) is 3.47. The summed E-state index contributed by atoms with van der Waals surface area (Å²) in [4.78, 5) is 0. The monoisotopic (exact) mass is 217 g/mol. The van der Waals surface area contributed by atoms with Crippen molar-refractivity contribution >= 4 is 16.7 Å². The summed E-state index contributed by atoms with van der Waals surface area (Å²) in [6.45, 7) is 0. The maximum absolute atomic E-state index is 13.4. The van der Waals surface area contributed by atoms with Crippen molar-refractivity contribution in [2.75, 3.05) is 5.73 Å². The molecule has 3 N–H and O–H groups in total. The highest BCUT2D eigenvalue weighted by Crippen LogP contribution is 2.30. The second kappa shape index (κ2) is 3.10. The van der Waals surface area contributed by atoms with Crippen molar-refractivity contribution in [1.82, 2.24) is 10.2 Å². The predicted octanol–water partition coefficient (Wildman–Crippen LogP) is 2.54. The van der Waals surface area contributed by atoms with Crippen molar-refractivity contribution < 1.29 is 8.81 Å². The average molecular weight is 217 g/mol. The minimum absolute atomic E-state index is 0.228. The van der Waals surface area contributed by atoms with E-state index in [4.69, 9.17) is 10.2 Å². The number of fused-ring (bicyclic) bond motifs is 1. The molecule has 1 aromatic carbocycles. The van der Waals surface area contributed by atoms with Gasteiger partial charge in [0.1, 0.15) is 5.69 Å². The molecule has 0 amide bonds. The topological polar surface area (TPSA) is 67.8 Å². The van der Waals surface area contributed by atoms with Gasteiger partial charge in [0.15, 0.2) is 17.2 Å². The Kier molecular flexibility index (Phi) is 1.73. The third-order valence-electron chi connectivity index (χ3n) is 2.41. The van der Waals surface area contributed by atoms with Crippen LogP contribution in [0.5, 0.6) is 0 Å². The van der Waals surface area contributed by atoms with Gasteiger partial charge in [-0.05, 0) is 12.1 Å². The molecule has 0 spiro atoms. The van der Waals surface area contributed by atoms with Crippen molar-refractivity contribution in [2.45, 2.75) is 0 Å². The molecule has 3 aromatic rings. The number of nitrogens with zero attached hydrogens (tertiary/aromatic N) is 1. The Balaban J connectivity index is 2.27. The number of halogens is 1. The van der Waals surface area contributed by atoms with Crippen molar-refractivity contribution in [3.63, 3.8) is 0 Å². The van der Waals surface area contributed by atoms with Crippen LogP contribution in [0.3, 0.4) is 0 Å². The number of aromatic amines is 1. The van der Waals surface area contributed by atoms with Gasteiger partial charge in [0.2, 0.25) is 0 Å². The van der Waals surface area contributed by atoms with Gasteiger partial charge >= 0.3 is 0 Å². The first kappa shape index (κ1) is 8.96. The highest BCUT2D eigenvalue weighted by atomic mass is 19.1. The van der Waals surface area contributed by atoms with E-state index in [1.807, 2.05) is 0 Å². The quantitative estimate of drug-likeness (QED) is 0.658. The maximum Gasteiger partial charge on any atom is 0.170 e. The molecule has 3 rings (SSSR count). The number of H-pyrrole nitrogens is 1. The van der Waals surface area contributed by atoms with Crippen LogP contribution in [0.25, 0.3) is 22.4 Å². The molecular formula is C11H8FN3O. The molecule has 0 saturated carbocycles. The molecule has 0 aliphatic carbocycles. The fraction of sp³-hybridized carbons (Fsp3) is 0. The first-order valence-electron chi connectivity index (χ1n) is 4.73. The number of nitrogens with two attached hydrogens (primary N) is 1. The molecule has 16 heavy (non-hydrogen) atoms. The molecule has 0 aliphatic heterocycles. The van der Waals surface area contributed by atoms with Gasteiger partial charge in [0.25, 0.3) is 0 Å². The van der Waals surface area contributed by atoms with Gasteiger partial charge in [-0.2, -0.15) is 5.10 Å². The molecule has 0 bridgehead atoms. The highest BCUT2D eigenvalue weighted by Gasteiger charge is 2.12. The SMILES string of the molecule is Nc1cn[nH]c1-c1cc2cccc(F)c2o1. The van der Waals surface area contributed by atoms with Crippen molar-refractivity contribution in [3.05, 3.63) is 36.3 Å². The highest BCUT2D eigenvalue weighted by molar-refractivity contribution is 5.84. The number of anilines is 1. The zero-order valence-electron chi connectivity index (χ0n) is 8.20. The number of nitrogen functional groups attached to an aromatic ring is 1. The molecule has 0 aliphatic rings. The standard InChI is InChI=1S/C11H8FN3O/c12-7-3-1-2-6-4-9(16-11(6)7)10-8(13)5-14-15-10/h1-5H,13H2,(H,14,15). The number of para-hydroxylation sites is 1. The summed E-state index contributed by atoms with van der Waals surface area (Å²) in [6, 6.07) is 6.49. The van der Waals surface area contributed by atoms with E-state index in [2.05, 4.69) is 10.2 Å². The van der Waals surface area contributed by atoms with Crippen LogP contribution in [0.15, 0.2) is 34.9 Å². The Morgan fingerprint density at radius 1 is 1.38 bits per heavy atom. The van der Waals surface area contributed by atoms with Gasteiger partial charge in [-0.15, -0.1) is 0 Å². The number of hydrogen-bond donors (Lipinski definition) is 2. The van der Waals surface area contributed by atoms with Crippen molar-refractivity contribution in [2.24, 2.45) is 0 Å². The zero-order valence-corrected chi connectivity index (χ0v) is 8.20. The summed E-state index contributed by atoms with van der Waals surface area (Å²) in [5.74, 6) is 0.0944. The van der Waals surface area contributed by atoms with Crippen LogP contribution in [0.1, 0.15) is 0 Å². The van der Waals surface area contributed by atoms with Crippen LogP contribution in [-0.2, 0) is 0 Å². The van der Waals surface area contributed by atoms with Crippen LogP contribution in [0.2, 0.25) is 0 Å². The summed E-state index contributed by atoms with van der Waals surface area (Å²) in [5, 5.41) is 7.20. The van der Waals surface area contributed by atoms with Gasteiger partial charge in [-0.1, -0.05) is 12.1 Å².